The lowest BCUT2D eigenvalue weighted by molar-refractivity contribution is -0.139. The number of benzene rings is 1. The Morgan fingerprint density at radius 2 is 1.74 bits per heavy atom. The minimum atomic E-state index is -0.344. The second-order valence-corrected chi connectivity index (χ2v) is 15.6. The SMILES string of the molecule is CC(C)Oc1ccc(C2NNC3CCC(N4CC[C@]5(CCN(CC(=O)N6CCC(c7ccc(-c8ncn(C)n8)cc7)CC6)C5)C4=O)CC32)cn1. The molecule has 8 rings (SSSR count). The van der Waals surface area contributed by atoms with Crippen LogP contribution in [0, 0.1) is 11.3 Å². The summed E-state index contributed by atoms with van der Waals surface area (Å²) in [6.45, 7) is 8.31. The van der Waals surface area contributed by atoms with Gasteiger partial charge in [0.2, 0.25) is 17.7 Å². The number of pyridine rings is 1. The van der Waals surface area contributed by atoms with E-state index in [0.29, 0.717) is 42.8 Å². The van der Waals surface area contributed by atoms with Crippen LogP contribution in [0.3, 0.4) is 0 Å². The van der Waals surface area contributed by atoms with Gasteiger partial charge in [0.1, 0.15) is 6.33 Å². The average Bonchev–Trinajstić information content (AvgIpc) is 3.92. The summed E-state index contributed by atoms with van der Waals surface area (Å²) in [5.41, 5.74) is 10.2. The molecule has 12 heteroatoms. The summed E-state index contributed by atoms with van der Waals surface area (Å²) in [6.07, 6.45) is 10.5. The summed E-state index contributed by atoms with van der Waals surface area (Å²) < 4.78 is 7.47. The van der Waals surface area contributed by atoms with E-state index in [1.54, 1.807) is 11.0 Å². The first-order chi connectivity index (χ1) is 24.2. The first kappa shape index (κ1) is 33.3. The van der Waals surface area contributed by atoms with Gasteiger partial charge in [0.25, 0.3) is 0 Å². The molecule has 50 heavy (non-hydrogen) atoms. The van der Waals surface area contributed by atoms with Crippen molar-refractivity contribution in [1.29, 1.82) is 0 Å². The minimum absolute atomic E-state index is 0.0900. The molecule has 2 amide bonds. The zero-order valence-electron chi connectivity index (χ0n) is 29.6. The Bertz CT molecular complexity index is 1670. The summed E-state index contributed by atoms with van der Waals surface area (Å²) in [5, 5.41) is 4.40. The van der Waals surface area contributed by atoms with Crippen molar-refractivity contribution in [3.63, 3.8) is 0 Å². The number of hydrogen-bond acceptors (Lipinski definition) is 9. The number of carbonyl (C=O) groups is 2. The fourth-order valence-corrected chi connectivity index (χ4v) is 9.33. The minimum Gasteiger partial charge on any atom is -0.475 e. The number of aromatic nitrogens is 4. The number of nitrogens with zero attached hydrogens (tertiary/aromatic N) is 7. The van der Waals surface area contributed by atoms with Gasteiger partial charge in [0.05, 0.1) is 24.1 Å². The van der Waals surface area contributed by atoms with Crippen molar-refractivity contribution in [1.82, 2.24) is 45.3 Å². The third-order valence-electron chi connectivity index (χ3n) is 12.1. The highest BCUT2D eigenvalue weighted by Gasteiger charge is 2.53. The Hall–Kier alpha value is -3.87. The molecule has 12 nitrogen and oxygen atoms in total. The summed E-state index contributed by atoms with van der Waals surface area (Å²) in [5.74, 6) is 2.74. The molecule has 0 radical (unpaired) electrons. The molecule has 5 atom stereocenters. The van der Waals surface area contributed by atoms with E-state index in [9.17, 15) is 9.59 Å². The van der Waals surface area contributed by atoms with Gasteiger partial charge in [-0.2, -0.15) is 5.10 Å². The van der Waals surface area contributed by atoms with Crippen LogP contribution in [0.25, 0.3) is 11.4 Å². The fraction of sp³-hybridized carbons (Fsp3) is 0.605. The number of piperidine rings is 1. The maximum atomic E-state index is 14.1. The number of nitrogens with one attached hydrogen (secondary N) is 2. The van der Waals surface area contributed by atoms with Crippen LogP contribution in [-0.4, -0.2) is 104 Å². The normalized spacial score (nSPS) is 29.0. The monoisotopic (exact) mass is 681 g/mol. The van der Waals surface area contributed by atoms with E-state index >= 15 is 0 Å². The van der Waals surface area contributed by atoms with Crippen molar-refractivity contribution in [3.8, 4) is 17.3 Å². The van der Waals surface area contributed by atoms with Crippen LogP contribution in [0.1, 0.15) is 81.9 Å². The number of hydrazine groups is 1. The van der Waals surface area contributed by atoms with Crippen LogP contribution in [-0.2, 0) is 16.6 Å². The van der Waals surface area contributed by atoms with E-state index in [0.717, 1.165) is 88.1 Å². The molecule has 1 aromatic carbocycles. The van der Waals surface area contributed by atoms with Crippen LogP contribution in [0.2, 0.25) is 0 Å². The van der Waals surface area contributed by atoms with Gasteiger partial charge in [-0.25, -0.2) is 15.4 Å². The summed E-state index contributed by atoms with van der Waals surface area (Å²) in [6, 6.07) is 13.4. The maximum absolute atomic E-state index is 14.1. The van der Waals surface area contributed by atoms with Crippen molar-refractivity contribution in [2.24, 2.45) is 18.4 Å². The predicted molar refractivity (Wildman–Crippen MR) is 189 cm³/mol. The second-order valence-electron chi connectivity index (χ2n) is 15.6. The van der Waals surface area contributed by atoms with Gasteiger partial charge < -0.3 is 14.5 Å². The molecule has 4 unspecified atom stereocenters. The van der Waals surface area contributed by atoms with E-state index < -0.39 is 0 Å². The molecular formula is C38H51N9O3. The highest BCUT2D eigenvalue weighted by molar-refractivity contribution is 5.86. The van der Waals surface area contributed by atoms with Crippen molar-refractivity contribution in [2.75, 3.05) is 39.3 Å². The van der Waals surface area contributed by atoms with E-state index in [2.05, 4.69) is 66.0 Å². The van der Waals surface area contributed by atoms with Crippen molar-refractivity contribution in [2.45, 2.75) is 88.9 Å². The van der Waals surface area contributed by atoms with Gasteiger partial charge in [-0.1, -0.05) is 30.3 Å². The van der Waals surface area contributed by atoms with Crippen LogP contribution >= 0.6 is 0 Å². The Labute approximate surface area is 294 Å². The number of aryl methyl sites for hydroxylation is 1. The van der Waals surface area contributed by atoms with Crippen molar-refractivity contribution >= 4 is 11.8 Å². The van der Waals surface area contributed by atoms with E-state index in [-0.39, 0.29) is 29.5 Å². The van der Waals surface area contributed by atoms with E-state index in [1.165, 1.54) is 5.56 Å². The molecule has 5 fully saturated rings. The quantitative estimate of drug-likeness (QED) is 0.367. The van der Waals surface area contributed by atoms with Gasteiger partial charge in [0, 0.05) is 63.1 Å². The molecule has 266 valence electrons. The molecule has 3 aromatic rings. The van der Waals surface area contributed by atoms with Gasteiger partial charge >= 0.3 is 0 Å². The Morgan fingerprint density at radius 1 is 0.960 bits per heavy atom. The molecule has 4 saturated heterocycles. The van der Waals surface area contributed by atoms with Crippen LogP contribution in [0.15, 0.2) is 48.9 Å². The number of amides is 2. The van der Waals surface area contributed by atoms with Gasteiger partial charge in [-0.15, -0.1) is 0 Å². The maximum Gasteiger partial charge on any atom is 0.236 e. The third kappa shape index (κ3) is 6.53. The largest absolute Gasteiger partial charge is 0.475 e. The first-order valence-corrected chi connectivity index (χ1v) is 18.7. The number of ether oxygens (including phenoxy) is 1. The van der Waals surface area contributed by atoms with Crippen LogP contribution in [0.5, 0.6) is 5.88 Å². The van der Waals surface area contributed by atoms with Crippen molar-refractivity contribution in [3.05, 3.63) is 60.0 Å². The highest BCUT2D eigenvalue weighted by Crippen LogP contribution is 2.45. The fourth-order valence-electron chi connectivity index (χ4n) is 9.33. The number of likely N-dealkylation sites (tertiary alicyclic amines) is 3. The van der Waals surface area contributed by atoms with Crippen LogP contribution < -0.4 is 15.6 Å². The van der Waals surface area contributed by atoms with E-state index in [4.69, 9.17) is 4.74 Å². The number of carbonyl (C=O) groups excluding carboxylic acids is 2. The summed E-state index contributed by atoms with van der Waals surface area (Å²) in [4.78, 5) is 43.0. The number of fused-ring (bicyclic) bond motifs is 1. The molecule has 2 aromatic heterocycles. The average molecular weight is 682 g/mol. The van der Waals surface area contributed by atoms with Gasteiger partial charge in [-0.05, 0) is 88.3 Å². The lowest BCUT2D eigenvalue weighted by Crippen LogP contribution is -2.47. The Morgan fingerprint density at radius 3 is 2.46 bits per heavy atom. The van der Waals surface area contributed by atoms with Crippen LogP contribution in [0.4, 0.5) is 0 Å². The van der Waals surface area contributed by atoms with Crippen molar-refractivity contribution < 1.29 is 14.3 Å². The van der Waals surface area contributed by atoms with E-state index in [1.807, 2.05) is 38.1 Å². The highest BCUT2D eigenvalue weighted by atomic mass is 16.5. The Kier molecular flexibility index (Phi) is 9.11. The lowest BCUT2D eigenvalue weighted by atomic mass is 9.77. The molecule has 1 saturated carbocycles. The summed E-state index contributed by atoms with van der Waals surface area (Å²) in [7, 11) is 1.88. The molecular weight excluding hydrogens is 630 g/mol. The summed E-state index contributed by atoms with van der Waals surface area (Å²) >= 11 is 0. The molecule has 6 heterocycles. The zero-order chi connectivity index (χ0) is 34.4. The third-order valence-corrected chi connectivity index (χ3v) is 12.1. The lowest BCUT2D eigenvalue weighted by Gasteiger charge is -2.38. The molecule has 1 spiro atoms. The van der Waals surface area contributed by atoms with Gasteiger partial charge in [0.15, 0.2) is 5.82 Å². The molecule has 4 aliphatic heterocycles. The Balaban J connectivity index is 0.824. The molecule has 1 aliphatic carbocycles. The molecule has 5 aliphatic rings. The second kappa shape index (κ2) is 13.7. The topological polar surface area (TPSA) is 121 Å². The standard InChI is InChI=1S/C38H51N9O3/c1-25(2)50-33-11-8-29(21-39-33)35-31-20-30(9-10-32(31)41-42-35)47-19-15-38(37(47)49)14-18-45(23-38)22-34(48)46-16-12-27(13-17-46)26-4-6-28(7-5-26)36-40-24-44(3)43-36/h4-8,11,21,24-25,27,30-32,35,41-42H,9-10,12-20,22-23H2,1-3H3/t30?,31?,32?,35?,38-/m0/s1. The first-order valence-electron chi connectivity index (χ1n) is 18.7. The number of hydrogen-bond donors (Lipinski definition) is 2. The molecule has 0 bridgehead atoms. The smallest absolute Gasteiger partial charge is 0.236 e. The molecule has 2 N–H and O–H groups in total. The van der Waals surface area contributed by atoms with Gasteiger partial charge in [-0.3, -0.25) is 24.6 Å². The number of rotatable bonds is 8. The predicted octanol–water partition coefficient (Wildman–Crippen LogP) is 3.68. The zero-order valence-corrected chi connectivity index (χ0v) is 29.6.